The SMILES string of the molecule is C=CC[C@]12C[C@@]3(OCOC3=CC1=O)[C@@H](C)[C@@H]2c1cc(OC)c(OC)c(OC)c1. The average molecular weight is 386 g/mol. The van der Waals surface area contributed by atoms with Crippen molar-refractivity contribution in [1.82, 2.24) is 0 Å². The molecular formula is C22H26O6. The van der Waals surface area contributed by atoms with Gasteiger partial charge >= 0.3 is 0 Å². The highest BCUT2D eigenvalue weighted by Gasteiger charge is 2.68. The Morgan fingerprint density at radius 3 is 2.46 bits per heavy atom. The van der Waals surface area contributed by atoms with E-state index in [2.05, 4.69) is 13.5 Å². The summed E-state index contributed by atoms with van der Waals surface area (Å²) < 4.78 is 28.4. The molecule has 4 rings (SSSR count). The number of ether oxygens (including phenoxy) is 5. The Bertz CT molecular complexity index is 834. The van der Waals surface area contributed by atoms with Gasteiger partial charge in [-0.05, 0) is 30.5 Å². The topological polar surface area (TPSA) is 63.2 Å². The first kappa shape index (κ1) is 18.9. The monoisotopic (exact) mass is 386 g/mol. The third-order valence-corrected chi connectivity index (χ3v) is 6.66. The summed E-state index contributed by atoms with van der Waals surface area (Å²) in [6, 6.07) is 3.88. The standard InChI is InChI=1S/C22H26O6/c1-6-7-21-11-22(18(10-17(21)23)27-12-28-22)13(2)19(21)14-8-15(24-3)20(26-5)16(9-14)25-4/h6,8-10,13,19H,1,7,11-12H2,2-5H3/t13-,19+,21-,22+/m0/s1. The van der Waals surface area contributed by atoms with Crippen LogP contribution in [-0.4, -0.2) is 39.5 Å². The normalized spacial score (nSPS) is 33.0. The van der Waals surface area contributed by atoms with Crippen molar-refractivity contribution in [3.05, 3.63) is 42.2 Å². The summed E-state index contributed by atoms with van der Waals surface area (Å²) in [6.07, 6.45) is 4.60. The second-order valence-electron chi connectivity index (χ2n) is 7.72. The lowest BCUT2D eigenvalue weighted by Gasteiger charge is -2.35. The number of carbonyl (C=O) groups is 1. The van der Waals surface area contributed by atoms with E-state index in [1.807, 2.05) is 18.2 Å². The van der Waals surface area contributed by atoms with Crippen LogP contribution in [0.25, 0.3) is 0 Å². The number of rotatable bonds is 6. The van der Waals surface area contributed by atoms with E-state index in [4.69, 9.17) is 23.7 Å². The van der Waals surface area contributed by atoms with Crippen LogP contribution < -0.4 is 14.2 Å². The van der Waals surface area contributed by atoms with Gasteiger partial charge in [-0.3, -0.25) is 4.79 Å². The molecule has 1 spiro atoms. The zero-order chi connectivity index (χ0) is 20.1. The largest absolute Gasteiger partial charge is 0.493 e. The maximum Gasteiger partial charge on any atom is 0.203 e. The molecule has 6 heteroatoms. The maximum absolute atomic E-state index is 13.3. The fourth-order valence-electron chi connectivity index (χ4n) is 5.49. The van der Waals surface area contributed by atoms with E-state index in [-0.39, 0.29) is 24.4 Å². The minimum Gasteiger partial charge on any atom is -0.493 e. The molecule has 2 aliphatic carbocycles. The number of hydrogen-bond acceptors (Lipinski definition) is 6. The summed E-state index contributed by atoms with van der Waals surface area (Å²) >= 11 is 0. The molecule has 1 aliphatic heterocycles. The van der Waals surface area contributed by atoms with Crippen LogP contribution in [0.15, 0.2) is 36.6 Å². The third-order valence-electron chi connectivity index (χ3n) is 6.66. The number of carbonyl (C=O) groups excluding carboxylic acids is 1. The summed E-state index contributed by atoms with van der Waals surface area (Å²) in [5.41, 5.74) is -0.260. The first-order valence-corrected chi connectivity index (χ1v) is 9.41. The fourth-order valence-corrected chi connectivity index (χ4v) is 5.49. The van der Waals surface area contributed by atoms with E-state index < -0.39 is 11.0 Å². The Morgan fingerprint density at radius 2 is 1.89 bits per heavy atom. The first-order chi connectivity index (χ1) is 13.5. The molecule has 1 aromatic rings. The smallest absolute Gasteiger partial charge is 0.203 e. The molecule has 0 aromatic heterocycles. The van der Waals surface area contributed by atoms with E-state index in [1.165, 1.54) is 0 Å². The van der Waals surface area contributed by atoms with Crippen molar-refractivity contribution in [3.8, 4) is 17.2 Å². The van der Waals surface area contributed by atoms with Crippen LogP contribution in [0.5, 0.6) is 17.2 Å². The van der Waals surface area contributed by atoms with Crippen molar-refractivity contribution in [2.24, 2.45) is 11.3 Å². The number of ketones is 1. The number of fused-ring (bicyclic) bond motifs is 1. The van der Waals surface area contributed by atoms with Gasteiger partial charge in [0.1, 0.15) is 11.4 Å². The van der Waals surface area contributed by atoms with Gasteiger partial charge in [0.2, 0.25) is 5.75 Å². The predicted molar refractivity (Wildman–Crippen MR) is 103 cm³/mol. The molecule has 4 atom stereocenters. The van der Waals surface area contributed by atoms with Crippen molar-refractivity contribution in [1.29, 1.82) is 0 Å². The lowest BCUT2D eigenvalue weighted by atomic mass is 9.67. The predicted octanol–water partition coefficient (Wildman–Crippen LogP) is 3.61. The van der Waals surface area contributed by atoms with Crippen LogP contribution in [0.1, 0.15) is 31.2 Å². The van der Waals surface area contributed by atoms with Gasteiger partial charge in [-0.15, -0.1) is 6.58 Å². The molecule has 1 saturated heterocycles. The maximum atomic E-state index is 13.3. The highest BCUT2D eigenvalue weighted by Crippen LogP contribution is 2.67. The van der Waals surface area contributed by atoms with Gasteiger partial charge in [0, 0.05) is 23.3 Å². The van der Waals surface area contributed by atoms with Crippen LogP contribution in [-0.2, 0) is 14.3 Å². The van der Waals surface area contributed by atoms with Crippen LogP contribution in [0.4, 0.5) is 0 Å². The van der Waals surface area contributed by atoms with Gasteiger partial charge in [-0.2, -0.15) is 0 Å². The summed E-state index contributed by atoms with van der Waals surface area (Å²) in [5, 5.41) is 0. The van der Waals surface area contributed by atoms with Gasteiger partial charge in [0.25, 0.3) is 0 Å². The van der Waals surface area contributed by atoms with E-state index >= 15 is 0 Å². The molecular weight excluding hydrogens is 360 g/mol. The molecule has 6 nitrogen and oxygen atoms in total. The second kappa shape index (κ2) is 6.55. The van der Waals surface area contributed by atoms with E-state index in [1.54, 1.807) is 27.4 Å². The molecule has 0 N–H and O–H groups in total. The van der Waals surface area contributed by atoms with Crippen molar-refractivity contribution in [2.45, 2.75) is 31.3 Å². The van der Waals surface area contributed by atoms with E-state index in [0.29, 0.717) is 35.8 Å². The molecule has 28 heavy (non-hydrogen) atoms. The number of benzene rings is 1. The van der Waals surface area contributed by atoms with Crippen molar-refractivity contribution in [3.63, 3.8) is 0 Å². The summed E-state index contributed by atoms with van der Waals surface area (Å²) in [6.45, 7) is 6.22. The minimum atomic E-state index is -0.636. The Balaban J connectivity index is 1.92. The highest BCUT2D eigenvalue weighted by atomic mass is 16.7. The molecule has 0 radical (unpaired) electrons. The van der Waals surface area contributed by atoms with Gasteiger partial charge in [0.15, 0.2) is 24.1 Å². The number of allylic oxidation sites excluding steroid dienone is 2. The Kier molecular flexibility index (Phi) is 4.42. The van der Waals surface area contributed by atoms with Crippen LogP contribution in [0.3, 0.4) is 0 Å². The Morgan fingerprint density at radius 1 is 1.21 bits per heavy atom. The van der Waals surface area contributed by atoms with Crippen LogP contribution in [0.2, 0.25) is 0 Å². The summed E-state index contributed by atoms with van der Waals surface area (Å²) in [4.78, 5) is 13.3. The van der Waals surface area contributed by atoms with Crippen molar-refractivity contribution in [2.75, 3.05) is 28.1 Å². The fraction of sp³-hybridized carbons (Fsp3) is 0.500. The Hall–Kier alpha value is -2.47. The molecule has 0 amide bonds. The molecule has 0 unspecified atom stereocenters. The highest BCUT2D eigenvalue weighted by molar-refractivity contribution is 5.99. The number of methoxy groups -OCH3 is 3. The quantitative estimate of drug-likeness (QED) is 0.696. The minimum absolute atomic E-state index is 0.0236. The lowest BCUT2D eigenvalue weighted by molar-refractivity contribution is -0.126. The molecule has 1 aromatic carbocycles. The molecule has 1 saturated carbocycles. The summed E-state index contributed by atoms with van der Waals surface area (Å²) in [7, 11) is 4.76. The van der Waals surface area contributed by atoms with E-state index in [9.17, 15) is 4.79 Å². The molecule has 3 aliphatic rings. The number of hydrogen-bond donors (Lipinski definition) is 0. The molecule has 150 valence electrons. The lowest BCUT2D eigenvalue weighted by Crippen LogP contribution is -2.39. The van der Waals surface area contributed by atoms with E-state index in [0.717, 1.165) is 5.56 Å². The molecule has 2 fully saturated rings. The van der Waals surface area contributed by atoms with Gasteiger partial charge in [0.05, 0.1) is 21.3 Å². The average Bonchev–Trinajstić information content (AvgIpc) is 3.20. The second-order valence-corrected chi connectivity index (χ2v) is 7.72. The molecule has 1 heterocycles. The summed E-state index contributed by atoms with van der Waals surface area (Å²) in [5.74, 6) is 2.30. The van der Waals surface area contributed by atoms with Crippen molar-refractivity contribution >= 4 is 5.78 Å². The van der Waals surface area contributed by atoms with Crippen molar-refractivity contribution < 1.29 is 28.5 Å². The zero-order valence-electron chi connectivity index (χ0n) is 16.7. The zero-order valence-corrected chi connectivity index (χ0v) is 16.7. The van der Waals surface area contributed by atoms with Gasteiger partial charge < -0.3 is 23.7 Å². The molecule has 2 bridgehead atoms. The third kappa shape index (κ3) is 2.27. The first-order valence-electron chi connectivity index (χ1n) is 9.41. The Labute approximate surface area is 165 Å². The van der Waals surface area contributed by atoms with Gasteiger partial charge in [-0.25, -0.2) is 0 Å². The van der Waals surface area contributed by atoms with Crippen LogP contribution in [0, 0.1) is 11.3 Å². The van der Waals surface area contributed by atoms with Crippen LogP contribution >= 0.6 is 0 Å². The van der Waals surface area contributed by atoms with Gasteiger partial charge in [-0.1, -0.05) is 13.0 Å².